The first-order valence-corrected chi connectivity index (χ1v) is 9.87. The standard InChI is InChI=1S/C18H19FN2O3S/c1-25(23,24)20-16-5-2-4-14(12-16)18(22)21-11-3-6-17(21)13-7-9-15(19)10-8-13/h2,4-5,7-10,12,17,20H,3,6,11H2,1H3/t17-/m0/s1. The molecule has 1 amide bonds. The van der Waals surface area contributed by atoms with Crippen LogP contribution in [0.5, 0.6) is 0 Å². The van der Waals surface area contributed by atoms with Gasteiger partial charge in [-0.05, 0) is 48.7 Å². The predicted octanol–water partition coefficient (Wildman–Crippen LogP) is 3.17. The summed E-state index contributed by atoms with van der Waals surface area (Å²) in [6, 6.07) is 12.5. The van der Waals surface area contributed by atoms with Gasteiger partial charge in [0.2, 0.25) is 10.0 Å². The lowest BCUT2D eigenvalue weighted by Crippen LogP contribution is -2.30. The van der Waals surface area contributed by atoms with Gasteiger partial charge in [-0.3, -0.25) is 9.52 Å². The van der Waals surface area contributed by atoms with Crippen molar-refractivity contribution in [3.05, 3.63) is 65.5 Å². The second-order valence-corrected chi connectivity index (χ2v) is 7.91. The molecular weight excluding hydrogens is 343 g/mol. The lowest BCUT2D eigenvalue weighted by molar-refractivity contribution is 0.0735. The lowest BCUT2D eigenvalue weighted by Gasteiger charge is -2.25. The van der Waals surface area contributed by atoms with E-state index >= 15 is 0 Å². The highest BCUT2D eigenvalue weighted by molar-refractivity contribution is 7.92. The van der Waals surface area contributed by atoms with Crippen molar-refractivity contribution in [2.24, 2.45) is 0 Å². The molecule has 2 aromatic carbocycles. The molecule has 0 aromatic heterocycles. The Hall–Kier alpha value is -2.41. The number of nitrogens with zero attached hydrogens (tertiary/aromatic N) is 1. The molecule has 1 atom stereocenters. The molecule has 2 aromatic rings. The molecule has 1 heterocycles. The van der Waals surface area contributed by atoms with Gasteiger partial charge in [0.1, 0.15) is 5.82 Å². The lowest BCUT2D eigenvalue weighted by atomic mass is 10.0. The number of halogens is 1. The topological polar surface area (TPSA) is 66.5 Å². The van der Waals surface area contributed by atoms with Crippen molar-refractivity contribution in [3.63, 3.8) is 0 Å². The van der Waals surface area contributed by atoms with Crippen molar-refractivity contribution in [2.75, 3.05) is 17.5 Å². The first-order chi connectivity index (χ1) is 11.8. The van der Waals surface area contributed by atoms with E-state index in [0.29, 0.717) is 17.8 Å². The van der Waals surface area contributed by atoms with E-state index in [2.05, 4.69) is 4.72 Å². The summed E-state index contributed by atoms with van der Waals surface area (Å²) in [7, 11) is -3.41. The fourth-order valence-electron chi connectivity index (χ4n) is 3.14. The van der Waals surface area contributed by atoms with Crippen molar-refractivity contribution in [1.29, 1.82) is 0 Å². The molecule has 1 saturated heterocycles. The number of carbonyl (C=O) groups excluding carboxylic acids is 1. The number of benzene rings is 2. The van der Waals surface area contributed by atoms with Crippen LogP contribution in [0.3, 0.4) is 0 Å². The minimum Gasteiger partial charge on any atom is -0.332 e. The summed E-state index contributed by atoms with van der Waals surface area (Å²) in [5, 5.41) is 0. The maximum Gasteiger partial charge on any atom is 0.254 e. The van der Waals surface area contributed by atoms with Crippen LogP contribution in [-0.2, 0) is 10.0 Å². The summed E-state index contributed by atoms with van der Waals surface area (Å²) in [5.74, 6) is -0.469. The number of sulfonamides is 1. The Labute approximate surface area is 146 Å². The maximum atomic E-state index is 13.1. The van der Waals surface area contributed by atoms with E-state index in [1.807, 2.05) is 0 Å². The van der Waals surface area contributed by atoms with Gasteiger partial charge in [-0.1, -0.05) is 18.2 Å². The number of anilines is 1. The van der Waals surface area contributed by atoms with E-state index in [0.717, 1.165) is 24.7 Å². The summed E-state index contributed by atoms with van der Waals surface area (Å²) in [4.78, 5) is 14.6. The Kier molecular flexibility index (Phi) is 4.76. The molecule has 0 saturated carbocycles. The summed E-state index contributed by atoms with van der Waals surface area (Å²) < 4.78 is 38.2. The van der Waals surface area contributed by atoms with Crippen LogP contribution < -0.4 is 4.72 Å². The van der Waals surface area contributed by atoms with Crippen molar-refractivity contribution >= 4 is 21.6 Å². The van der Waals surface area contributed by atoms with Gasteiger partial charge in [0.15, 0.2) is 0 Å². The number of hydrogen-bond acceptors (Lipinski definition) is 3. The molecule has 0 aliphatic carbocycles. The molecule has 1 fully saturated rings. The van der Waals surface area contributed by atoms with E-state index in [1.54, 1.807) is 35.2 Å². The largest absolute Gasteiger partial charge is 0.332 e. The SMILES string of the molecule is CS(=O)(=O)Nc1cccc(C(=O)N2CCC[C@H]2c2ccc(F)cc2)c1. The fourth-order valence-corrected chi connectivity index (χ4v) is 3.69. The summed E-state index contributed by atoms with van der Waals surface area (Å²) in [5.41, 5.74) is 1.67. The van der Waals surface area contributed by atoms with Gasteiger partial charge >= 0.3 is 0 Å². The van der Waals surface area contributed by atoms with E-state index in [1.165, 1.54) is 18.2 Å². The number of rotatable bonds is 4. The summed E-state index contributed by atoms with van der Waals surface area (Å²) in [6.45, 7) is 0.616. The molecule has 3 rings (SSSR count). The molecule has 1 aliphatic heterocycles. The van der Waals surface area contributed by atoms with Crippen LogP contribution in [0.15, 0.2) is 48.5 Å². The Balaban J connectivity index is 1.84. The average molecular weight is 362 g/mol. The molecule has 1 aliphatic rings. The third-order valence-electron chi connectivity index (χ3n) is 4.18. The van der Waals surface area contributed by atoms with Crippen LogP contribution in [0.2, 0.25) is 0 Å². The van der Waals surface area contributed by atoms with Crippen LogP contribution >= 0.6 is 0 Å². The van der Waals surface area contributed by atoms with Crippen LogP contribution in [-0.4, -0.2) is 32.0 Å². The van der Waals surface area contributed by atoms with Crippen molar-refractivity contribution in [1.82, 2.24) is 4.90 Å². The normalized spacial score (nSPS) is 17.5. The minimum atomic E-state index is -3.41. The second-order valence-electron chi connectivity index (χ2n) is 6.16. The Morgan fingerprint density at radius 3 is 2.60 bits per heavy atom. The molecule has 5 nitrogen and oxygen atoms in total. The smallest absolute Gasteiger partial charge is 0.254 e. The Bertz CT molecular complexity index is 881. The van der Waals surface area contributed by atoms with Crippen molar-refractivity contribution in [2.45, 2.75) is 18.9 Å². The van der Waals surface area contributed by atoms with Crippen molar-refractivity contribution < 1.29 is 17.6 Å². The van der Waals surface area contributed by atoms with Gasteiger partial charge in [0.05, 0.1) is 12.3 Å². The molecule has 0 spiro atoms. The van der Waals surface area contributed by atoms with Crippen LogP contribution in [0, 0.1) is 5.82 Å². The molecule has 1 N–H and O–H groups in total. The molecular formula is C18H19FN2O3S. The molecule has 0 radical (unpaired) electrons. The van der Waals surface area contributed by atoms with Crippen molar-refractivity contribution in [3.8, 4) is 0 Å². The van der Waals surface area contributed by atoms with Gasteiger partial charge in [-0.25, -0.2) is 12.8 Å². The molecule has 0 bridgehead atoms. The summed E-state index contributed by atoms with van der Waals surface area (Å²) >= 11 is 0. The van der Waals surface area contributed by atoms with E-state index in [9.17, 15) is 17.6 Å². The molecule has 7 heteroatoms. The average Bonchev–Trinajstić information content (AvgIpc) is 3.03. The first kappa shape index (κ1) is 17.4. The number of amides is 1. The first-order valence-electron chi connectivity index (χ1n) is 7.98. The highest BCUT2D eigenvalue weighted by Crippen LogP contribution is 2.33. The zero-order valence-electron chi connectivity index (χ0n) is 13.8. The van der Waals surface area contributed by atoms with E-state index < -0.39 is 10.0 Å². The number of nitrogens with one attached hydrogen (secondary N) is 1. The monoisotopic (exact) mass is 362 g/mol. The molecule has 25 heavy (non-hydrogen) atoms. The van der Waals surface area contributed by atoms with E-state index in [-0.39, 0.29) is 17.8 Å². The maximum absolute atomic E-state index is 13.1. The Morgan fingerprint density at radius 2 is 1.92 bits per heavy atom. The van der Waals surface area contributed by atoms with Gasteiger partial charge in [-0.15, -0.1) is 0 Å². The molecule has 132 valence electrons. The van der Waals surface area contributed by atoms with Crippen LogP contribution in [0.4, 0.5) is 10.1 Å². The highest BCUT2D eigenvalue weighted by atomic mass is 32.2. The third-order valence-corrected chi connectivity index (χ3v) is 4.79. The van der Waals surface area contributed by atoms with Crippen LogP contribution in [0.1, 0.15) is 34.8 Å². The second kappa shape index (κ2) is 6.84. The minimum absolute atomic E-state index is 0.0976. The predicted molar refractivity (Wildman–Crippen MR) is 94.3 cm³/mol. The van der Waals surface area contributed by atoms with Gasteiger partial charge in [0.25, 0.3) is 5.91 Å². The van der Waals surface area contributed by atoms with Gasteiger partial charge < -0.3 is 4.90 Å². The fraction of sp³-hybridized carbons (Fsp3) is 0.278. The zero-order valence-corrected chi connectivity index (χ0v) is 14.6. The van der Waals surface area contributed by atoms with Crippen LogP contribution in [0.25, 0.3) is 0 Å². The molecule has 0 unspecified atom stereocenters. The number of hydrogen-bond donors (Lipinski definition) is 1. The zero-order chi connectivity index (χ0) is 18.0. The third kappa shape index (κ3) is 4.17. The van der Waals surface area contributed by atoms with E-state index in [4.69, 9.17) is 0 Å². The quantitative estimate of drug-likeness (QED) is 0.908. The highest BCUT2D eigenvalue weighted by Gasteiger charge is 2.30. The number of likely N-dealkylation sites (tertiary alicyclic amines) is 1. The number of carbonyl (C=O) groups is 1. The van der Waals surface area contributed by atoms with Gasteiger partial charge in [-0.2, -0.15) is 0 Å². The summed E-state index contributed by atoms with van der Waals surface area (Å²) in [6.07, 6.45) is 2.75. The van der Waals surface area contributed by atoms with Gasteiger partial charge in [0, 0.05) is 17.8 Å². The Morgan fingerprint density at radius 1 is 1.20 bits per heavy atom.